The predicted octanol–water partition coefficient (Wildman–Crippen LogP) is 2.10. The third-order valence-corrected chi connectivity index (χ3v) is 4.04. The summed E-state index contributed by atoms with van der Waals surface area (Å²) in [5, 5.41) is 0.644. The lowest BCUT2D eigenvalue weighted by atomic mass is 10.2. The normalized spacial score (nSPS) is 18.0. The number of anilines is 1. The molecule has 4 nitrogen and oxygen atoms in total. The van der Waals surface area contributed by atoms with E-state index >= 15 is 0 Å². The molecule has 3 rings (SSSR count). The van der Waals surface area contributed by atoms with E-state index in [4.69, 9.17) is 10.5 Å². The third kappa shape index (κ3) is 2.63. The highest BCUT2D eigenvalue weighted by atomic mass is 32.1. The second-order valence-electron chi connectivity index (χ2n) is 4.60. The van der Waals surface area contributed by atoms with Crippen LogP contribution in [0.25, 0.3) is 10.2 Å². The van der Waals surface area contributed by atoms with Gasteiger partial charge in [0.1, 0.15) is 0 Å². The summed E-state index contributed by atoms with van der Waals surface area (Å²) in [6.45, 7) is 4.85. The molecule has 1 aromatic carbocycles. The zero-order valence-electron chi connectivity index (χ0n) is 10.3. The maximum atomic E-state index is 5.73. The van der Waals surface area contributed by atoms with Crippen LogP contribution in [0.1, 0.15) is 12.0 Å². The van der Waals surface area contributed by atoms with Crippen LogP contribution in [0.3, 0.4) is 0 Å². The van der Waals surface area contributed by atoms with Gasteiger partial charge in [-0.3, -0.25) is 4.90 Å². The van der Waals surface area contributed by atoms with Gasteiger partial charge in [0.2, 0.25) is 0 Å². The maximum Gasteiger partial charge on any atom is 0.181 e. The molecule has 2 heterocycles. The van der Waals surface area contributed by atoms with Crippen LogP contribution in [-0.4, -0.2) is 36.2 Å². The van der Waals surface area contributed by atoms with E-state index in [9.17, 15) is 0 Å². The summed E-state index contributed by atoms with van der Waals surface area (Å²) in [7, 11) is 0. The molecule has 0 aliphatic carbocycles. The minimum atomic E-state index is 0.644. The van der Waals surface area contributed by atoms with E-state index in [1.54, 1.807) is 11.3 Å². The lowest BCUT2D eigenvalue weighted by Crippen LogP contribution is -2.25. The molecular formula is C13H17N3OS. The first kappa shape index (κ1) is 11.9. The van der Waals surface area contributed by atoms with Gasteiger partial charge in [-0.15, -0.1) is 0 Å². The largest absolute Gasteiger partial charge is 0.380 e. The Labute approximate surface area is 110 Å². The predicted molar refractivity (Wildman–Crippen MR) is 74.7 cm³/mol. The minimum absolute atomic E-state index is 0.644. The number of aromatic nitrogens is 1. The van der Waals surface area contributed by atoms with Crippen molar-refractivity contribution in [1.29, 1.82) is 0 Å². The molecule has 2 N–H and O–H groups in total. The van der Waals surface area contributed by atoms with Crippen LogP contribution in [-0.2, 0) is 11.3 Å². The molecule has 96 valence electrons. The van der Waals surface area contributed by atoms with E-state index in [0.29, 0.717) is 5.13 Å². The zero-order chi connectivity index (χ0) is 12.4. The highest BCUT2D eigenvalue weighted by Gasteiger charge is 2.10. The topological polar surface area (TPSA) is 51.4 Å². The van der Waals surface area contributed by atoms with Gasteiger partial charge in [-0.2, -0.15) is 0 Å². The van der Waals surface area contributed by atoms with Crippen molar-refractivity contribution < 1.29 is 4.74 Å². The molecule has 0 radical (unpaired) electrons. The number of thiazole rings is 1. The summed E-state index contributed by atoms with van der Waals surface area (Å²) >= 11 is 1.56. The van der Waals surface area contributed by atoms with Crippen LogP contribution in [0.15, 0.2) is 18.2 Å². The Morgan fingerprint density at radius 1 is 1.33 bits per heavy atom. The Hall–Kier alpha value is -1.17. The Bertz CT molecular complexity index is 532. The number of rotatable bonds is 2. The second-order valence-corrected chi connectivity index (χ2v) is 5.66. The fraction of sp³-hybridized carbons (Fsp3) is 0.462. The van der Waals surface area contributed by atoms with Crippen LogP contribution < -0.4 is 5.73 Å². The van der Waals surface area contributed by atoms with Gasteiger partial charge in [-0.1, -0.05) is 17.4 Å². The van der Waals surface area contributed by atoms with Crippen molar-refractivity contribution in [3.63, 3.8) is 0 Å². The molecule has 2 aromatic rings. The first-order valence-electron chi connectivity index (χ1n) is 6.26. The monoisotopic (exact) mass is 263 g/mol. The van der Waals surface area contributed by atoms with E-state index in [2.05, 4.69) is 28.1 Å². The number of fused-ring (bicyclic) bond motifs is 1. The standard InChI is InChI=1S/C13H17N3OS/c14-13-15-11-3-2-10(8-12(11)18-13)9-16-4-1-6-17-7-5-16/h2-3,8H,1,4-7,9H2,(H2,14,15). The van der Waals surface area contributed by atoms with Crippen molar-refractivity contribution in [2.75, 3.05) is 32.0 Å². The highest BCUT2D eigenvalue weighted by Crippen LogP contribution is 2.25. The van der Waals surface area contributed by atoms with Gasteiger partial charge < -0.3 is 10.5 Å². The quantitative estimate of drug-likeness (QED) is 0.901. The van der Waals surface area contributed by atoms with Gasteiger partial charge >= 0.3 is 0 Å². The summed E-state index contributed by atoms with van der Waals surface area (Å²) < 4.78 is 6.65. The summed E-state index contributed by atoms with van der Waals surface area (Å²) in [5.74, 6) is 0. The lowest BCUT2D eigenvalue weighted by molar-refractivity contribution is 0.140. The summed E-state index contributed by atoms with van der Waals surface area (Å²) in [6, 6.07) is 6.41. The second kappa shape index (κ2) is 5.22. The lowest BCUT2D eigenvalue weighted by Gasteiger charge is -2.18. The molecule has 0 amide bonds. The Morgan fingerprint density at radius 2 is 2.28 bits per heavy atom. The van der Waals surface area contributed by atoms with Gasteiger partial charge in [0.15, 0.2) is 5.13 Å². The maximum absolute atomic E-state index is 5.73. The van der Waals surface area contributed by atoms with Crippen molar-refractivity contribution in [1.82, 2.24) is 9.88 Å². The molecule has 5 heteroatoms. The molecule has 0 atom stereocenters. The van der Waals surface area contributed by atoms with Crippen LogP contribution in [0.2, 0.25) is 0 Å². The molecule has 0 bridgehead atoms. The van der Waals surface area contributed by atoms with Crippen molar-refractivity contribution >= 4 is 26.7 Å². The van der Waals surface area contributed by atoms with Crippen LogP contribution >= 0.6 is 11.3 Å². The number of ether oxygens (including phenoxy) is 1. The number of nitrogen functional groups attached to an aromatic ring is 1. The Morgan fingerprint density at radius 3 is 3.22 bits per heavy atom. The third-order valence-electron chi connectivity index (χ3n) is 3.19. The molecule has 1 saturated heterocycles. The fourth-order valence-corrected chi connectivity index (χ4v) is 3.10. The molecule has 1 aromatic heterocycles. The number of benzene rings is 1. The van der Waals surface area contributed by atoms with Crippen molar-refractivity contribution in [2.45, 2.75) is 13.0 Å². The molecule has 0 saturated carbocycles. The van der Waals surface area contributed by atoms with E-state index in [0.717, 1.165) is 44.8 Å². The fourth-order valence-electron chi connectivity index (χ4n) is 2.30. The van der Waals surface area contributed by atoms with Crippen LogP contribution in [0.5, 0.6) is 0 Å². The molecule has 1 aliphatic rings. The van der Waals surface area contributed by atoms with E-state index < -0.39 is 0 Å². The number of nitrogens with two attached hydrogens (primary N) is 1. The van der Waals surface area contributed by atoms with E-state index in [1.807, 2.05) is 0 Å². The summed E-state index contributed by atoms with van der Waals surface area (Å²) in [5.41, 5.74) is 8.05. The van der Waals surface area contributed by atoms with Gasteiger partial charge in [-0.25, -0.2) is 4.98 Å². The van der Waals surface area contributed by atoms with Gasteiger partial charge in [0.25, 0.3) is 0 Å². The molecular weight excluding hydrogens is 246 g/mol. The van der Waals surface area contributed by atoms with Crippen molar-refractivity contribution in [3.8, 4) is 0 Å². The number of nitrogens with zero attached hydrogens (tertiary/aromatic N) is 2. The van der Waals surface area contributed by atoms with Crippen LogP contribution in [0, 0.1) is 0 Å². The molecule has 1 fully saturated rings. The minimum Gasteiger partial charge on any atom is -0.380 e. The first-order valence-corrected chi connectivity index (χ1v) is 7.08. The Kier molecular flexibility index (Phi) is 3.45. The summed E-state index contributed by atoms with van der Waals surface area (Å²) in [6.07, 6.45) is 1.12. The van der Waals surface area contributed by atoms with Gasteiger partial charge in [0, 0.05) is 26.2 Å². The average Bonchev–Trinajstić information content (AvgIpc) is 2.56. The molecule has 0 spiro atoms. The Balaban J connectivity index is 1.76. The first-order chi connectivity index (χ1) is 8.81. The van der Waals surface area contributed by atoms with Crippen molar-refractivity contribution in [3.05, 3.63) is 23.8 Å². The van der Waals surface area contributed by atoms with Gasteiger partial charge in [0.05, 0.1) is 16.8 Å². The van der Waals surface area contributed by atoms with E-state index in [1.165, 1.54) is 10.3 Å². The molecule has 0 unspecified atom stereocenters. The van der Waals surface area contributed by atoms with Gasteiger partial charge in [-0.05, 0) is 24.1 Å². The van der Waals surface area contributed by atoms with Crippen molar-refractivity contribution in [2.24, 2.45) is 0 Å². The number of hydrogen-bond acceptors (Lipinski definition) is 5. The van der Waals surface area contributed by atoms with E-state index in [-0.39, 0.29) is 0 Å². The smallest absolute Gasteiger partial charge is 0.181 e. The zero-order valence-corrected chi connectivity index (χ0v) is 11.1. The average molecular weight is 263 g/mol. The number of hydrogen-bond donors (Lipinski definition) is 1. The SMILES string of the molecule is Nc1nc2ccc(CN3CCCOCC3)cc2s1. The van der Waals surface area contributed by atoms with Crippen LogP contribution in [0.4, 0.5) is 5.13 Å². The highest BCUT2D eigenvalue weighted by molar-refractivity contribution is 7.22. The summed E-state index contributed by atoms with van der Waals surface area (Å²) in [4.78, 5) is 6.72. The molecule has 18 heavy (non-hydrogen) atoms. The molecule has 1 aliphatic heterocycles.